The molecule has 2 aromatic rings. The number of ether oxygens (including phenoxy) is 1. The van der Waals surface area contributed by atoms with Crippen LogP contribution in [0.1, 0.15) is 16.7 Å². The van der Waals surface area contributed by atoms with Crippen molar-refractivity contribution in [3.05, 3.63) is 77.9 Å². The van der Waals surface area contributed by atoms with Crippen molar-refractivity contribution >= 4 is 18.0 Å². The van der Waals surface area contributed by atoms with Gasteiger partial charge < -0.3 is 10.1 Å². The molecule has 2 aromatic carbocycles. The summed E-state index contributed by atoms with van der Waals surface area (Å²) in [5.41, 5.74) is 5.10. The van der Waals surface area contributed by atoms with Crippen LogP contribution in [0.5, 0.6) is 5.75 Å². The van der Waals surface area contributed by atoms with Crippen molar-refractivity contribution in [2.75, 3.05) is 6.54 Å². The Kier molecular flexibility index (Phi) is 7.12. The lowest BCUT2D eigenvalue weighted by Gasteiger charge is -2.09. The zero-order valence-electron chi connectivity index (χ0n) is 14.6. The summed E-state index contributed by atoms with van der Waals surface area (Å²) in [6, 6.07) is 15.4. The molecule has 0 fully saturated rings. The van der Waals surface area contributed by atoms with Crippen LogP contribution < -0.4 is 15.5 Å². The predicted molar refractivity (Wildman–Crippen MR) is 101 cm³/mol. The third-order valence-corrected chi connectivity index (χ3v) is 3.42. The van der Waals surface area contributed by atoms with Gasteiger partial charge in [0, 0.05) is 12.1 Å². The molecule has 6 nitrogen and oxygen atoms in total. The fourth-order valence-corrected chi connectivity index (χ4v) is 2.02. The zero-order chi connectivity index (χ0) is 18.8. The molecule has 0 aromatic heterocycles. The molecule has 0 aliphatic carbocycles. The van der Waals surface area contributed by atoms with E-state index in [4.69, 9.17) is 4.74 Å². The summed E-state index contributed by atoms with van der Waals surface area (Å²) in [5.74, 6) is -0.991. The van der Waals surface area contributed by atoms with Gasteiger partial charge in [-0.3, -0.25) is 9.59 Å². The van der Waals surface area contributed by atoms with E-state index in [1.54, 1.807) is 6.07 Å². The maximum Gasteiger partial charge on any atom is 0.329 e. The number of rotatable bonds is 7. The Balaban J connectivity index is 1.95. The highest BCUT2D eigenvalue weighted by atomic mass is 16.5. The topological polar surface area (TPSA) is 79.8 Å². The summed E-state index contributed by atoms with van der Waals surface area (Å²) in [6.07, 6.45) is 2.92. The van der Waals surface area contributed by atoms with E-state index in [-0.39, 0.29) is 6.54 Å². The third-order valence-electron chi connectivity index (χ3n) is 3.42. The Morgan fingerprint density at radius 2 is 1.85 bits per heavy atom. The van der Waals surface area contributed by atoms with E-state index in [1.165, 1.54) is 17.9 Å². The average Bonchev–Trinajstić information content (AvgIpc) is 2.66. The molecule has 0 bridgehead atoms. The van der Waals surface area contributed by atoms with Crippen molar-refractivity contribution in [1.29, 1.82) is 0 Å². The van der Waals surface area contributed by atoms with Crippen molar-refractivity contribution in [3.63, 3.8) is 0 Å². The van der Waals surface area contributed by atoms with E-state index in [2.05, 4.69) is 22.4 Å². The van der Waals surface area contributed by atoms with Crippen LogP contribution in [0.15, 0.2) is 66.3 Å². The Morgan fingerprint density at radius 3 is 2.58 bits per heavy atom. The van der Waals surface area contributed by atoms with E-state index >= 15 is 0 Å². The highest BCUT2D eigenvalue weighted by Crippen LogP contribution is 2.17. The second-order valence-electron chi connectivity index (χ2n) is 5.51. The van der Waals surface area contributed by atoms with E-state index in [0.717, 1.165) is 5.56 Å². The van der Waals surface area contributed by atoms with Gasteiger partial charge in [0.2, 0.25) is 0 Å². The molecule has 134 valence electrons. The number of hydrogen-bond acceptors (Lipinski definition) is 4. The lowest BCUT2D eigenvalue weighted by Crippen LogP contribution is -2.37. The van der Waals surface area contributed by atoms with Gasteiger partial charge in [-0.1, -0.05) is 48.0 Å². The van der Waals surface area contributed by atoms with Gasteiger partial charge in [-0.25, -0.2) is 5.43 Å². The minimum absolute atomic E-state index is 0.214. The van der Waals surface area contributed by atoms with Crippen LogP contribution in [0.3, 0.4) is 0 Å². The molecule has 0 spiro atoms. The molecule has 2 amide bonds. The standard InChI is InChI=1S/C20H21N3O3/c1-3-12-21-19(24)20(25)23-22-13-17-6-4-5-7-18(17)26-14-16-10-8-15(2)9-11-16/h3-11,13H,1,12,14H2,2H3,(H,21,24)(H,23,25)/b22-13-. The molecule has 2 rings (SSSR count). The fourth-order valence-electron chi connectivity index (χ4n) is 2.02. The number of para-hydroxylation sites is 1. The number of carbonyl (C=O) groups is 2. The molecule has 0 atom stereocenters. The van der Waals surface area contributed by atoms with Crippen molar-refractivity contribution in [2.45, 2.75) is 13.5 Å². The third kappa shape index (κ3) is 5.90. The van der Waals surface area contributed by atoms with Crippen LogP contribution in [0, 0.1) is 6.92 Å². The van der Waals surface area contributed by atoms with Crippen molar-refractivity contribution in [3.8, 4) is 5.75 Å². The Bertz CT molecular complexity index is 798. The van der Waals surface area contributed by atoms with E-state index in [9.17, 15) is 9.59 Å². The summed E-state index contributed by atoms with van der Waals surface area (Å²) in [6.45, 7) is 6.12. The van der Waals surface area contributed by atoms with Crippen molar-refractivity contribution < 1.29 is 14.3 Å². The van der Waals surface area contributed by atoms with Crippen LogP contribution in [-0.4, -0.2) is 24.6 Å². The first-order valence-corrected chi connectivity index (χ1v) is 8.09. The van der Waals surface area contributed by atoms with Gasteiger partial charge in [0.25, 0.3) is 0 Å². The molecule has 26 heavy (non-hydrogen) atoms. The molecule has 0 saturated carbocycles. The molecular formula is C20H21N3O3. The maximum absolute atomic E-state index is 11.6. The first kappa shape index (κ1) is 18.9. The second-order valence-corrected chi connectivity index (χ2v) is 5.51. The monoisotopic (exact) mass is 351 g/mol. The number of hydrogen-bond donors (Lipinski definition) is 2. The van der Waals surface area contributed by atoms with Crippen LogP contribution >= 0.6 is 0 Å². The van der Waals surface area contributed by atoms with Crippen LogP contribution in [0.2, 0.25) is 0 Å². The van der Waals surface area contributed by atoms with Gasteiger partial charge in [-0.2, -0.15) is 5.10 Å². The lowest BCUT2D eigenvalue weighted by atomic mass is 10.1. The average molecular weight is 351 g/mol. The largest absolute Gasteiger partial charge is 0.488 e. The molecule has 0 aliphatic heterocycles. The minimum Gasteiger partial charge on any atom is -0.488 e. The molecular weight excluding hydrogens is 330 g/mol. The van der Waals surface area contributed by atoms with Gasteiger partial charge in [-0.15, -0.1) is 6.58 Å². The van der Waals surface area contributed by atoms with Crippen LogP contribution in [-0.2, 0) is 16.2 Å². The molecule has 0 heterocycles. The Morgan fingerprint density at radius 1 is 1.12 bits per heavy atom. The quantitative estimate of drug-likeness (QED) is 0.348. The maximum atomic E-state index is 11.6. The summed E-state index contributed by atoms with van der Waals surface area (Å²) in [4.78, 5) is 23.0. The number of hydrazone groups is 1. The number of benzene rings is 2. The Labute approximate surface area is 152 Å². The number of amides is 2. The highest BCUT2D eigenvalue weighted by molar-refractivity contribution is 6.35. The molecule has 0 saturated heterocycles. The van der Waals surface area contributed by atoms with Gasteiger partial charge in [0.15, 0.2) is 0 Å². The molecule has 0 unspecified atom stereocenters. The zero-order valence-corrected chi connectivity index (χ0v) is 14.6. The van der Waals surface area contributed by atoms with E-state index < -0.39 is 11.8 Å². The number of nitrogens with one attached hydrogen (secondary N) is 2. The Hall–Kier alpha value is -3.41. The predicted octanol–water partition coefficient (Wildman–Crippen LogP) is 2.33. The summed E-state index contributed by atoms with van der Waals surface area (Å²) < 4.78 is 5.83. The highest BCUT2D eigenvalue weighted by Gasteiger charge is 2.10. The van der Waals surface area contributed by atoms with E-state index in [0.29, 0.717) is 17.9 Å². The number of carbonyl (C=O) groups excluding carboxylic acids is 2. The van der Waals surface area contributed by atoms with Gasteiger partial charge in [0.1, 0.15) is 12.4 Å². The SMILES string of the molecule is C=CCNC(=O)C(=O)N/N=C\c1ccccc1OCc1ccc(C)cc1. The summed E-state index contributed by atoms with van der Waals surface area (Å²) in [7, 11) is 0. The van der Waals surface area contributed by atoms with Crippen molar-refractivity contribution in [1.82, 2.24) is 10.7 Å². The summed E-state index contributed by atoms with van der Waals surface area (Å²) in [5, 5.41) is 6.17. The van der Waals surface area contributed by atoms with Gasteiger partial charge >= 0.3 is 11.8 Å². The first-order valence-electron chi connectivity index (χ1n) is 8.09. The fraction of sp³-hybridized carbons (Fsp3) is 0.150. The number of nitrogens with zero attached hydrogens (tertiary/aromatic N) is 1. The van der Waals surface area contributed by atoms with E-state index in [1.807, 2.05) is 49.4 Å². The van der Waals surface area contributed by atoms with Crippen LogP contribution in [0.4, 0.5) is 0 Å². The lowest BCUT2D eigenvalue weighted by molar-refractivity contribution is -0.139. The molecule has 2 N–H and O–H groups in total. The smallest absolute Gasteiger partial charge is 0.329 e. The van der Waals surface area contributed by atoms with Gasteiger partial charge in [0.05, 0.1) is 6.21 Å². The molecule has 0 aliphatic rings. The van der Waals surface area contributed by atoms with Crippen LogP contribution in [0.25, 0.3) is 0 Å². The molecule has 6 heteroatoms. The normalized spacial score (nSPS) is 10.3. The molecule has 0 radical (unpaired) electrons. The van der Waals surface area contributed by atoms with Crippen molar-refractivity contribution in [2.24, 2.45) is 5.10 Å². The summed E-state index contributed by atoms with van der Waals surface area (Å²) >= 11 is 0. The minimum atomic E-state index is -0.846. The second kappa shape index (κ2) is 9.78. The van der Waals surface area contributed by atoms with Gasteiger partial charge in [-0.05, 0) is 24.6 Å². The number of aryl methyl sites for hydroxylation is 1. The first-order chi connectivity index (χ1) is 12.6.